The van der Waals surface area contributed by atoms with Gasteiger partial charge in [-0.3, -0.25) is 0 Å². The molecule has 2 aromatic carbocycles. The molecule has 0 saturated carbocycles. The number of rotatable bonds is 4. The summed E-state index contributed by atoms with van der Waals surface area (Å²) in [4.78, 5) is 0. The van der Waals surface area contributed by atoms with E-state index in [4.69, 9.17) is 4.74 Å². The zero-order chi connectivity index (χ0) is 13.8. The summed E-state index contributed by atoms with van der Waals surface area (Å²) in [7, 11) is 1.94. The molecule has 2 rings (SSSR count). The fourth-order valence-electron chi connectivity index (χ4n) is 1.76. The van der Waals surface area contributed by atoms with Crippen LogP contribution in [0.15, 0.2) is 51.4 Å². The molecular formula is C15H15Br2NO. The van der Waals surface area contributed by atoms with Gasteiger partial charge in [0, 0.05) is 16.1 Å². The first kappa shape index (κ1) is 14.6. The fourth-order valence-corrected chi connectivity index (χ4v) is 2.46. The molecule has 100 valence electrons. The van der Waals surface area contributed by atoms with E-state index < -0.39 is 0 Å². The van der Waals surface area contributed by atoms with Crippen LogP contribution < -0.4 is 10.1 Å². The van der Waals surface area contributed by atoms with Crippen LogP contribution in [-0.4, -0.2) is 7.05 Å². The predicted octanol–water partition coefficient (Wildman–Crippen LogP) is 5.28. The lowest BCUT2D eigenvalue weighted by Crippen LogP contribution is -2.13. The zero-order valence-corrected chi connectivity index (χ0v) is 14.0. The lowest BCUT2D eigenvalue weighted by Gasteiger charge is -2.17. The third-order valence-corrected chi connectivity index (χ3v) is 4.08. The van der Waals surface area contributed by atoms with Crippen molar-refractivity contribution in [3.63, 3.8) is 0 Å². The Morgan fingerprint density at radius 1 is 1.05 bits per heavy atom. The molecule has 0 radical (unpaired) electrons. The standard InChI is InChI=1S/C15H15Br2NO/c1-10(18-2)12-8-7-11(16)9-15(12)19-14-6-4-3-5-13(14)17/h3-10,18H,1-2H3. The average molecular weight is 385 g/mol. The summed E-state index contributed by atoms with van der Waals surface area (Å²) in [6, 6.07) is 14.1. The molecule has 19 heavy (non-hydrogen) atoms. The van der Waals surface area contributed by atoms with Crippen LogP contribution in [0.25, 0.3) is 0 Å². The van der Waals surface area contributed by atoms with Gasteiger partial charge in [-0.25, -0.2) is 0 Å². The van der Waals surface area contributed by atoms with Crippen LogP contribution in [0.5, 0.6) is 11.5 Å². The Labute approximate surface area is 130 Å². The molecule has 2 nitrogen and oxygen atoms in total. The first-order valence-corrected chi connectivity index (χ1v) is 7.59. The maximum Gasteiger partial charge on any atom is 0.141 e. The highest BCUT2D eigenvalue weighted by atomic mass is 79.9. The highest BCUT2D eigenvalue weighted by Gasteiger charge is 2.12. The van der Waals surface area contributed by atoms with Crippen LogP contribution in [0.4, 0.5) is 0 Å². The fraction of sp³-hybridized carbons (Fsp3) is 0.200. The summed E-state index contributed by atoms with van der Waals surface area (Å²) in [6.07, 6.45) is 0. The van der Waals surface area contributed by atoms with Gasteiger partial charge >= 0.3 is 0 Å². The molecule has 0 amide bonds. The maximum atomic E-state index is 6.03. The van der Waals surface area contributed by atoms with Gasteiger partial charge < -0.3 is 10.1 Å². The topological polar surface area (TPSA) is 21.3 Å². The molecule has 0 aliphatic rings. The number of ether oxygens (including phenoxy) is 1. The van der Waals surface area contributed by atoms with Crippen LogP contribution in [-0.2, 0) is 0 Å². The van der Waals surface area contributed by atoms with Crippen molar-refractivity contribution in [3.8, 4) is 11.5 Å². The minimum atomic E-state index is 0.227. The molecular weight excluding hydrogens is 370 g/mol. The quantitative estimate of drug-likeness (QED) is 0.773. The van der Waals surface area contributed by atoms with Crippen molar-refractivity contribution >= 4 is 31.9 Å². The van der Waals surface area contributed by atoms with E-state index >= 15 is 0 Å². The molecule has 1 atom stereocenters. The Bertz CT molecular complexity index is 572. The summed E-state index contributed by atoms with van der Waals surface area (Å²) < 4.78 is 7.97. The normalized spacial score (nSPS) is 12.2. The summed E-state index contributed by atoms with van der Waals surface area (Å²) in [5.41, 5.74) is 1.13. The van der Waals surface area contributed by atoms with Gasteiger partial charge in [-0.15, -0.1) is 0 Å². The molecule has 2 aromatic rings. The van der Waals surface area contributed by atoms with Crippen molar-refractivity contribution in [3.05, 3.63) is 57.0 Å². The number of hydrogen-bond acceptors (Lipinski definition) is 2. The van der Waals surface area contributed by atoms with E-state index in [0.29, 0.717) is 0 Å². The second kappa shape index (κ2) is 6.55. The van der Waals surface area contributed by atoms with E-state index in [-0.39, 0.29) is 6.04 Å². The molecule has 0 aliphatic carbocycles. The van der Waals surface area contributed by atoms with Crippen molar-refractivity contribution < 1.29 is 4.74 Å². The van der Waals surface area contributed by atoms with Crippen molar-refractivity contribution in [2.45, 2.75) is 13.0 Å². The van der Waals surface area contributed by atoms with Crippen molar-refractivity contribution in [2.75, 3.05) is 7.05 Å². The van der Waals surface area contributed by atoms with Crippen molar-refractivity contribution in [1.82, 2.24) is 5.32 Å². The van der Waals surface area contributed by atoms with E-state index in [1.165, 1.54) is 0 Å². The van der Waals surface area contributed by atoms with Gasteiger partial charge in [0.05, 0.1) is 4.47 Å². The number of nitrogens with one attached hydrogen (secondary N) is 1. The Kier molecular flexibility index (Phi) is 5.02. The zero-order valence-electron chi connectivity index (χ0n) is 10.8. The van der Waals surface area contributed by atoms with Gasteiger partial charge in [-0.1, -0.05) is 34.1 Å². The number of halogens is 2. The molecule has 4 heteroatoms. The molecule has 0 heterocycles. The van der Waals surface area contributed by atoms with Gasteiger partial charge in [0.1, 0.15) is 11.5 Å². The minimum absolute atomic E-state index is 0.227. The largest absolute Gasteiger partial charge is 0.456 e. The van der Waals surface area contributed by atoms with Crippen molar-refractivity contribution in [1.29, 1.82) is 0 Å². The van der Waals surface area contributed by atoms with Gasteiger partial charge in [-0.05, 0) is 54.2 Å². The Balaban J connectivity index is 2.38. The van der Waals surface area contributed by atoms with Crippen molar-refractivity contribution in [2.24, 2.45) is 0 Å². The van der Waals surface area contributed by atoms with E-state index in [1.807, 2.05) is 43.4 Å². The third-order valence-electron chi connectivity index (χ3n) is 2.93. The van der Waals surface area contributed by atoms with E-state index in [9.17, 15) is 0 Å². The predicted molar refractivity (Wildman–Crippen MR) is 85.8 cm³/mol. The molecule has 0 aromatic heterocycles. The number of para-hydroxylation sites is 1. The highest BCUT2D eigenvalue weighted by Crippen LogP contribution is 2.35. The molecule has 0 saturated heterocycles. The molecule has 1 unspecified atom stereocenters. The van der Waals surface area contributed by atoms with Gasteiger partial charge in [0.2, 0.25) is 0 Å². The first-order chi connectivity index (χ1) is 9.11. The van der Waals surface area contributed by atoms with Gasteiger partial charge in [0.25, 0.3) is 0 Å². The SMILES string of the molecule is CNC(C)c1ccc(Br)cc1Oc1ccccc1Br. The first-order valence-electron chi connectivity index (χ1n) is 6.01. The minimum Gasteiger partial charge on any atom is -0.456 e. The summed E-state index contributed by atoms with van der Waals surface area (Å²) >= 11 is 6.99. The van der Waals surface area contributed by atoms with E-state index in [0.717, 1.165) is 26.0 Å². The van der Waals surface area contributed by atoms with Crippen LogP contribution in [0.2, 0.25) is 0 Å². The molecule has 0 fully saturated rings. The molecule has 0 aliphatic heterocycles. The third kappa shape index (κ3) is 3.59. The number of hydrogen-bond donors (Lipinski definition) is 1. The van der Waals surface area contributed by atoms with Gasteiger partial charge in [-0.2, -0.15) is 0 Å². The summed E-state index contributed by atoms with van der Waals surface area (Å²) in [5.74, 6) is 1.66. The molecule has 0 spiro atoms. The Morgan fingerprint density at radius 2 is 1.79 bits per heavy atom. The summed E-state index contributed by atoms with van der Waals surface area (Å²) in [5, 5.41) is 3.23. The second-order valence-corrected chi connectivity index (χ2v) is 6.00. The van der Waals surface area contributed by atoms with Crippen LogP contribution in [0.1, 0.15) is 18.5 Å². The maximum absolute atomic E-state index is 6.03. The Hall–Kier alpha value is -0.840. The van der Waals surface area contributed by atoms with Gasteiger partial charge in [0.15, 0.2) is 0 Å². The van der Waals surface area contributed by atoms with E-state index in [1.54, 1.807) is 0 Å². The molecule has 1 N–H and O–H groups in total. The summed E-state index contributed by atoms with van der Waals surface area (Å²) in [6.45, 7) is 2.11. The highest BCUT2D eigenvalue weighted by molar-refractivity contribution is 9.10. The second-order valence-electron chi connectivity index (χ2n) is 4.22. The van der Waals surface area contributed by atoms with Crippen LogP contribution in [0, 0.1) is 0 Å². The number of benzene rings is 2. The molecule has 0 bridgehead atoms. The lowest BCUT2D eigenvalue weighted by atomic mass is 10.1. The van der Waals surface area contributed by atoms with E-state index in [2.05, 4.69) is 50.2 Å². The van der Waals surface area contributed by atoms with Crippen LogP contribution >= 0.6 is 31.9 Å². The monoisotopic (exact) mass is 383 g/mol. The smallest absolute Gasteiger partial charge is 0.141 e. The Morgan fingerprint density at radius 3 is 2.47 bits per heavy atom. The average Bonchev–Trinajstić information content (AvgIpc) is 2.41. The lowest BCUT2D eigenvalue weighted by molar-refractivity contribution is 0.463. The van der Waals surface area contributed by atoms with Crippen LogP contribution in [0.3, 0.4) is 0 Å².